The van der Waals surface area contributed by atoms with Gasteiger partial charge < -0.3 is 16.2 Å². The molecule has 0 bridgehead atoms. The number of piperidine rings is 1. The Bertz CT molecular complexity index is 276. The smallest absolute Gasteiger partial charge is 0.320 e. The van der Waals surface area contributed by atoms with Gasteiger partial charge in [-0.2, -0.15) is 0 Å². The number of rotatable bonds is 3. The van der Waals surface area contributed by atoms with Crippen LogP contribution >= 0.6 is 0 Å². The van der Waals surface area contributed by atoms with Gasteiger partial charge in [0.15, 0.2) is 0 Å². The van der Waals surface area contributed by atoms with Crippen molar-refractivity contribution in [3.8, 4) is 0 Å². The van der Waals surface area contributed by atoms with E-state index in [2.05, 4.69) is 5.32 Å². The van der Waals surface area contributed by atoms with E-state index in [9.17, 15) is 9.59 Å². The first-order valence-corrected chi connectivity index (χ1v) is 5.12. The highest BCUT2D eigenvalue weighted by molar-refractivity contribution is 5.81. The Labute approximate surface area is 89.0 Å². The number of carbonyl (C=O) groups is 2. The van der Waals surface area contributed by atoms with Gasteiger partial charge in [-0.3, -0.25) is 9.59 Å². The van der Waals surface area contributed by atoms with Crippen LogP contribution in [-0.4, -0.2) is 28.6 Å². The Morgan fingerprint density at radius 3 is 2.80 bits per heavy atom. The molecule has 1 heterocycles. The Morgan fingerprint density at radius 1 is 1.73 bits per heavy atom. The number of aliphatic carboxylic acids is 1. The quantitative estimate of drug-likeness (QED) is 0.621. The Balaban J connectivity index is 2.52. The molecule has 1 saturated heterocycles. The van der Waals surface area contributed by atoms with Gasteiger partial charge in [0.2, 0.25) is 5.91 Å². The van der Waals surface area contributed by atoms with Crippen molar-refractivity contribution in [2.24, 2.45) is 11.7 Å². The number of hydrogen-bond acceptors (Lipinski definition) is 3. The first-order valence-electron chi connectivity index (χ1n) is 5.12. The highest BCUT2D eigenvalue weighted by Gasteiger charge is 2.34. The van der Waals surface area contributed by atoms with Crippen LogP contribution in [0.1, 0.15) is 33.1 Å². The standard InChI is InChI=1S/C10H18N2O3/c1-10(2)4-3-6(8(13)12-10)5-7(11)9(14)15/h6-7H,3-5,11H2,1-2H3,(H,12,13)(H,14,15)/t6?,7-/m0/s1. The third kappa shape index (κ3) is 3.20. The molecule has 1 unspecified atom stereocenters. The van der Waals surface area contributed by atoms with Crippen molar-refractivity contribution < 1.29 is 14.7 Å². The number of carboxylic acids is 1. The van der Waals surface area contributed by atoms with Crippen LogP contribution in [0, 0.1) is 5.92 Å². The van der Waals surface area contributed by atoms with Gasteiger partial charge in [-0.1, -0.05) is 0 Å². The third-order valence-corrected chi connectivity index (χ3v) is 2.81. The molecule has 0 saturated carbocycles. The average Bonchev–Trinajstić information content (AvgIpc) is 2.08. The summed E-state index contributed by atoms with van der Waals surface area (Å²) < 4.78 is 0. The topological polar surface area (TPSA) is 92.4 Å². The van der Waals surface area contributed by atoms with Crippen LogP contribution < -0.4 is 11.1 Å². The highest BCUT2D eigenvalue weighted by atomic mass is 16.4. The molecule has 5 nitrogen and oxygen atoms in total. The van der Waals surface area contributed by atoms with Gasteiger partial charge in [0.1, 0.15) is 6.04 Å². The fourth-order valence-corrected chi connectivity index (χ4v) is 1.80. The molecule has 1 aliphatic rings. The summed E-state index contributed by atoms with van der Waals surface area (Å²) in [5.74, 6) is -1.39. The zero-order chi connectivity index (χ0) is 11.6. The first kappa shape index (κ1) is 12.0. The van der Waals surface area contributed by atoms with E-state index < -0.39 is 12.0 Å². The van der Waals surface area contributed by atoms with E-state index in [0.717, 1.165) is 6.42 Å². The van der Waals surface area contributed by atoms with Gasteiger partial charge in [0, 0.05) is 11.5 Å². The molecule has 0 aromatic rings. The van der Waals surface area contributed by atoms with Gasteiger partial charge in [-0.25, -0.2) is 0 Å². The molecule has 2 atom stereocenters. The van der Waals surface area contributed by atoms with Crippen LogP contribution in [-0.2, 0) is 9.59 Å². The predicted molar refractivity (Wildman–Crippen MR) is 55.2 cm³/mol. The third-order valence-electron chi connectivity index (χ3n) is 2.81. The summed E-state index contributed by atoms with van der Waals surface area (Å²) in [6, 6.07) is -0.943. The van der Waals surface area contributed by atoms with E-state index in [1.807, 2.05) is 13.8 Å². The zero-order valence-electron chi connectivity index (χ0n) is 9.12. The fourth-order valence-electron chi connectivity index (χ4n) is 1.80. The van der Waals surface area contributed by atoms with Crippen molar-refractivity contribution in [2.75, 3.05) is 0 Å². The lowest BCUT2D eigenvalue weighted by molar-refractivity contribution is -0.139. The second-order valence-corrected chi connectivity index (χ2v) is 4.79. The Morgan fingerprint density at radius 2 is 2.33 bits per heavy atom. The largest absolute Gasteiger partial charge is 0.480 e. The van der Waals surface area contributed by atoms with E-state index in [1.165, 1.54) is 0 Å². The van der Waals surface area contributed by atoms with Crippen LogP contribution in [0.5, 0.6) is 0 Å². The predicted octanol–water partition coefficient (Wildman–Crippen LogP) is 0.0932. The first-order chi connectivity index (χ1) is 6.82. The van der Waals surface area contributed by atoms with E-state index >= 15 is 0 Å². The monoisotopic (exact) mass is 214 g/mol. The lowest BCUT2D eigenvalue weighted by atomic mass is 9.83. The summed E-state index contributed by atoms with van der Waals surface area (Å²) in [6.07, 6.45) is 1.78. The number of hydrogen-bond donors (Lipinski definition) is 3. The highest BCUT2D eigenvalue weighted by Crippen LogP contribution is 2.25. The van der Waals surface area contributed by atoms with Crippen LogP contribution in [0.15, 0.2) is 0 Å². The minimum Gasteiger partial charge on any atom is -0.480 e. The van der Waals surface area contributed by atoms with Gasteiger partial charge in [-0.05, 0) is 33.1 Å². The fraction of sp³-hybridized carbons (Fsp3) is 0.800. The molecule has 5 heteroatoms. The maximum absolute atomic E-state index is 11.6. The maximum Gasteiger partial charge on any atom is 0.320 e. The molecule has 1 fully saturated rings. The number of amides is 1. The Hall–Kier alpha value is -1.10. The van der Waals surface area contributed by atoms with Crippen LogP contribution in [0.2, 0.25) is 0 Å². The van der Waals surface area contributed by atoms with E-state index in [0.29, 0.717) is 6.42 Å². The van der Waals surface area contributed by atoms with E-state index in [4.69, 9.17) is 10.8 Å². The molecule has 0 spiro atoms. The van der Waals surface area contributed by atoms with Crippen LogP contribution in [0.3, 0.4) is 0 Å². The number of carbonyl (C=O) groups excluding carboxylic acids is 1. The second kappa shape index (κ2) is 4.18. The summed E-state index contributed by atoms with van der Waals surface area (Å²) in [7, 11) is 0. The Kier molecular flexibility index (Phi) is 3.34. The normalized spacial score (nSPS) is 26.9. The number of nitrogens with one attached hydrogen (secondary N) is 1. The van der Waals surface area contributed by atoms with E-state index in [1.54, 1.807) is 0 Å². The van der Waals surface area contributed by atoms with Gasteiger partial charge in [0.25, 0.3) is 0 Å². The SMILES string of the molecule is CC1(C)CCC(C[C@H](N)C(=O)O)C(=O)N1. The average molecular weight is 214 g/mol. The van der Waals surface area contributed by atoms with Crippen LogP contribution in [0.4, 0.5) is 0 Å². The molecule has 4 N–H and O–H groups in total. The van der Waals surface area contributed by atoms with Crippen molar-refractivity contribution in [1.29, 1.82) is 0 Å². The van der Waals surface area contributed by atoms with Crippen molar-refractivity contribution in [3.05, 3.63) is 0 Å². The molecule has 15 heavy (non-hydrogen) atoms. The van der Waals surface area contributed by atoms with Crippen molar-refractivity contribution in [1.82, 2.24) is 5.32 Å². The summed E-state index contributed by atoms with van der Waals surface area (Å²) in [5, 5.41) is 11.5. The lowest BCUT2D eigenvalue weighted by Gasteiger charge is -2.35. The zero-order valence-corrected chi connectivity index (χ0v) is 9.12. The lowest BCUT2D eigenvalue weighted by Crippen LogP contribution is -2.52. The molecular formula is C10H18N2O3. The van der Waals surface area contributed by atoms with Crippen LogP contribution in [0.25, 0.3) is 0 Å². The molecular weight excluding hydrogens is 196 g/mol. The molecule has 0 aliphatic carbocycles. The van der Waals surface area contributed by atoms with Gasteiger partial charge >= 0.3 is 5.97 Å². The van der Waals surface area contributed by atoms with Crippen molar-refractivity contribution in [2.45, 2.75) is 44.7 Å². The van der Waals surface area contributed by atoms with Gasteiger partial charge in [0.05, 0.1) is 0 Å². The second-order valence-electron chi connectivity index (χ2n) is 4.79. The molecule has 1 rings (SSSR count). The molecule has 1 amide bonds. The number of nitrogens with two attached hydrogens (primary N) is 1. The molecule has 0 aromatic heterocycles. The molecule has 86 valence electrons. The summed E-state index contributed by atoms with van der Waals surface area (Å²) in [5.41, 5.74) is 5.22. The minimum absolute atomic E-state index is 0.0806. The van der Waals surface area contributed by atoms with Crippen molar-refractivity contribution in [3.63, 3.8) is 0 Å². The van der Waals surface area contributed by atoms with E-state index in [-0.39, 0.29) is 23.8 Å². The molecule has 1 aliphatic heterocycles. The van der Waals surface area contributed by atoms with Crippen molar-refractivity contribution >= 4 is 11.9 Å². The summed E-state index contributed by atoms with van der Waals surface area (Å²) in [6.45, 7) is 3.91. The molecule has 0 aromatic carbocycles. The summed E-state index contributed by atoms with van der Waals surface area (Å²) >= 11 is 0. The molecule has 0 radical (unpaired) electrons. The minimum atomic E-state index is -1.05. The number of carboxylic acid groups (broad SMARTS) is 1. The maximum atomic E-state index is 11.6. The van der Waals surface area contributed by atoms with Gasteiger partial charge in [-0.15, -0.1) is 0 Å². The summed E-state index contributed by atoms with van der Waals surface area (Å²) in [4.78, 5) is 22.2.